The molecule has 4 aliphatic rings. The molecule has 148 valence electrons. The standard InChI is InChI=1S/C24H35NOS/c1-15-14-18(19-6-5-13-27-19)24(3)11-9-17-16(22(15)24)7-8-20-23(17,2)12-10-21(26)25(20)4/h5-6,13,15-18,20,22H,7-12,14H2,1-4H3/t15-,16?,17?,18-,20?,22?,23-,24?/m1/s1. The van der Waals surface area contributed by atoms with Gasteiger partial charge in [-0.2, -0.15) is 0 Å². The van der Waals surface area contributed by atoms with Crippen LogP contribution in [-0.4, -0.2) is 23.9 Å². The molecule has 3 heteroatoms. The van der Waals surface area contributed by atoms with Crippen LogP contribution in [0.2, 0.25) is 0 Å². The van der Waals surface area contributed by atoms with E-state index in [-0.39, 0.29) is 0 Å². The zero-order valence-electron chi connectivity index (χ0n) is 17.4. The van der Waals surface area contributed by atoms with Gasteiger partial charge in [0, 0.05) is 24.4 Å². The van der Waals surface area contributed by atoms with E-state index in [1.54, 1.807) is 4.88 Å². The van der Waals surface area contributed by atoms with Gasteiger partial charge in [-0.15, -0.1) is 11.3 Å². The third-order valence-corrected chi connectivity index (χ3v) is 10.7. The van der Waals surface area contributed by atoms with E-state index in [4.69, 9.17) is 0 Å². The van der Waals surface area contributed by atoms with Crippen molar-refractivity contribution < 1.29 is 4.79 Å². The van der Waals surface area contributed by atoms with Gasteiger partial charge < -0.3 is 4.90 Å². The monoisotopic (exact) mass is 385 g/mol. The number of thiophene rings is 1. The first kappa shape index (κ1) is 18.2. The van der Waals surface area contributed by atoms with Gasteiger partial charge in [-0.25, -0.2) is 0 Å². The fraction of sp³-hybridized carbons (Fsp3) is 0.792. The fourth-order valence-electron chi connectivity index (χ4n) is 8.62. The molecule has 27 heavy (non-hydrogen) atoms. The Labute approximate surface area is 168 Å². The zero-order valence-corrected chi connectivity index (χ0v) is 18.2. The number of carbonyl (C=O) groups is 1. The third kappa shape index (κ3) is 2.39. The van der Waals surface area contributed by atoms with Crippen molar-refractivity contribution in [1.82, 2.24) is 4.90 Å². The van der Waals surface area contributed by atoms with Crippen LogP contribution >= 0.6 is 11.3 Å². The highest BCUT2D eigenvalue weighted by Gasteiger charge is 2.62. The lowest BCUT2D eigenvalue weighted by atomic mass is 9.46. The second-order valence-corrected chi connectivity index (χ2v) is 11.7. The Morgan fingerprint density at radius 2 is 1.96 bits per heavy atom. The highest BCUT2D eigenvalue weighted by Crippen LogP contribution is 2.69. The summed E-state index contributed by atoms with van der Waals surface area (Å²) >= 11 is 1.98. The molecule has 1 aromatic heterocycles. The topological polar surface area (TPSA) is 20.3 Å². The maximum absolute atomic E-state index is 12.3. The molecule has 4 fully saturated rings. The first-order chi connectivity index (χ1) is 12.9. The van der Waals surface area contributed by atoms with E-state index in [9.17, 15) is 4.79 Å². The van der Waals surface area contributed by atoms with Crippen molar-refractivity contribution in [3.8, 4) is 0 Å². The van der Waals surface area contributed by atoms with Crippen molar-refractivity contribution >= 4 is 17.2 Å². The molecule has 5 unspecified atom stereocenters. The molecular weight excluding hydrogens is 350 g/mol. The number of rotatable bonds is 1. The largest absolute Gasteiger partial charge is 0.342 e. The minimum atomic E-state index is 0.341. The Kier molecular flexibility index (Phi) is 4.10. The first-order valence-corrected chi connectivity index (χ1v) is 12.0. The molecule has 1 saturated heterocycles. The van der Waals surface area contributed by atoms with Crippen molar-refractivity contribution in [3.05, 3.63) is 22.4 Å². The molecule has 8 atom stereocenters. The number of likely N-dealkylation sites (tertiary alicyclic amines) is 1. The molecule has 0 N–H and O–H groups in total. The molecule has 2 heterocycles. The van der Waals surface area contributed by atoms with Gasteiger partial charge in [0.05, 0.1) is 0 Å². The average Bonchev–Trinajstić information content (AvgIpc) is 3.24. The van der Waals surface area contributed by atoms with Crippen LogP contribution in [0.1, 0.15) is 76.5 Å². The number of hydrogen-bond acceptors (Lipinski definition) is 2. The van der Waals surface area contributed by atoms with Crippen molar-refractivity contribution in [3.63, 3.8) is 0 Å². The highest BCUT2D eigenvalue weighted by atomic mass is 32.1. The Morgan fingerprint density at radius 3 is 2.70 bits per heavy atom. The van der Waals surface area contributed by atoms with Gasteiger partial charge in [-0.05, 0) is 90.4 Å². The number of fused-ring (bicyclic) bond motifs is 5. The molecule has 2 nitrogen and oxygen atoms in total. The number of piperidine rings is 1. The quantitative estimate of drug-likeness (QED) is 0.586. The van der Waals surface area contributed by atoms with E-state index in [0.29, 0.717) is 22.8 Å². The third-order valence-electron chi connectivity index (χ3n) is 9.76. The SMILES string of the molecule is C[C@@H]1C[C@H](c2cccs2)C2(C)CCC3C(CCC4N(C)C(=O)CC[C@]34C)C12. The second kappa shape index (κ2) is 6.08. The molecular formula is C24H35NOS. The van der Waals surface area contributed by atoms with Crippen molar-refractivity contribution in [2.24, 2.45) is 34.5 Å². The number of nitrogens with zero attached hydrogens (tertiary/aromatic N) is 1. The fourth-order valence-corrected chi connectivity index (χ4v) is 9.63. The van der Waals surface area contributed by atoms with Gasteiger partial charge in [0.2, 0.25) is 5.91 Å². The summed E-state index contributed by atoms with van der Waals surface area (Å²) in [5.41, 5.74) is 0.818. The lowest BCUT2D eigenvalue weighted by Gasteiger charge is -2.62. The van der Waals surface area contributed by atoms with Gasteiger partial charge in [0.1, 0.15) is 0 Å². The summed E-state index contributed by atoms with van der Waals surface area (Å²) in [4.78, 5) is 16.1. The van der Waals surface area contributed by atoms with E-state index in [0.717, 1.165) is 42.4 Å². The molecule has 3 aliphatic carbocycles. The molecule has 0 bridgehead atoms. The van der Waals surface area contributed by atoms with E-state index in [1.165, 1.54) is 32.1 Å². The van der Waals surface area contributed by atoms with E-state index < -0.39 is 0 Å². The molecule has 0 aromatic carbocycles. The van der Waals surface area contributed by atoms with Crippen molar-refractivity contribution in [1.29, 1.82) is 0 Å². The van der Waals surface area contributed by atoms with E-state index in [2.05, 4.69) is 50.2 Å². The Balaban J connectivity index is 1.49. The van der Waals surface area contributed by atoms with Crippen LogP contribution in [0.4, 0.5) is 0 Å². The van der Waals surface area contributed by atoms with Gasteiger partial charge in [-0.3, -0.25) is 4.79 Å². The second-order valence-electron chi connectivity index (χ2n) is 10.7. The summed E-state index contributed by atoms with van der Waals surface area (Å²) in [6.07, 6.45) is 8.58. The summed E-state index contributed by atoms with van der Waals surface area (Å²) in [5, 5.41) is 2.27. The minimum Gasteiger partial charge on any atom is -0.342 e. The molecule has 0 spiro atoms. The lowest BCUT2D eigenvalue weighted by molar-refractivity contribution is -0.158. The van der Waals surface area contributed by atoms with Crippen LogP contribution in [-0.2, 0) is 4.79 Å². The summed E-state index contributed by atoms with van der Waals surface area (Å²) < 4.78 is 0. The van der Waals surface area contributed by atoms with Crippen molar-refractivity contribution in [2.75, 3.05) is 7.05 Å². The zero-order chi connectivity index (χ0) is 19.0. The number of hydrogen-bond donors (Lipinski definition) is 0. The van der Waals surface area contributed by atoms with Gasteiger partial charge in [0.15, 0.2) is 0 Å². The van der Waals surface area contributed by atoms with Crippen LogP contribution < -0.4 is 0 Å². The van der Waals surface area contributed by atoms with Gasteiger partial charge in [-0.1, -0.05) is 26.8 Å². The summed E-state index contributed by atoms with van der Waals surface area (Å²) in [6, 6.07) is 5.12. The summed E-state index contributed by atoms with van der Waals surface area (Å²) in [5.74, 6) is 4.52. The molecule has 1 aliphatic heterocycles. The molecule has 5 rings (SSSR count). The summed E-state index contributed by atoms with van der Waals surface area (Å²) in [6.45, 7) is 7.72. The van der Waals surface area contributed by atoms with Crippen LogP contribution in [0.25, 0.3) is 0 Å². The lowest BCUT2D eigenvalue weighted by Crippen LogP contribution is -2.61. The summed E-state index contributed by atoms with van der Waals surface area (Å²) in [7, 11) is 2.07. The number of carbonyl (C=O) groups excluding carboxylic acids is 1. The van der Waals surface area contributed by atoms with Crippen LogP contribution in [0.5, 0.6) is 0 Å². The maximum Gasteiger partial charge on any atom is 0.222 e. The Hall–Kier alpha value is -0.830. The Morgan fingerprint density at radius 1 is 1.15 bits per heavy atom. The predicted molar refractivity (Wildman–Crippen MR) is 112 cm³/mol. The van der Waals surface area contributed by atoms with Crippen LogP contribution in [0, 0.1) is 34.5 Å². The minimum absolute atomic E-state index is 0.341. The Bertz CT molecular complexity index is 729. The molecule has 0 radical (unpaired) electrons. The smallest absolute Gasteiger partial charge is 0.222 e. The van der Waals surface area contributed by atoms with Crippen LogP contribution in [0.15, 0.2) is 17.5 Å². The number of amides is 1. The van der Waals surface area contributed by atoms with E-state index >= 15 is 0 Å². The van der Waals surface area contributed by atoms with E-state index in [1.807, 2.05) is 11.3 Å². The maximum atomic E-state index is 12.3. The first-order valence-electron chi connectivity index (χ1n) is 11.2. The predicted octanol–water partition coefficient (Wildman–Crippen LogP) is 5.94. The van der Waals surface area contributed by atoms with Crippen molar-refractivity contribution in [2.45, 2.75) is 77.7 Å². The molecule has 3 saturated carbocycles. The van der Waals surface area contributed by atoms with Gasteiger partial charge in [0.25, 0.3) is 0 Å². The van der Waals surface area contributed by atoms with Crippen LogP contribution in [0.3, 0.4) is 0 Å². The molecule has 1 aromatic rings. The highest BCUT2D eigenvalue weighted by molar-refractivity contribution is 7.10. The molecule has 1 amide bonds. The normalized spacial score (nSPS) is 49.5. The average molecular weight is 386 g/mol. The van der Waals surface area contributed by atoms with Gasteiger partial charge >= 0.3 is 0 Å².